The quantitative estimate of drug-likeness (QED) is 0.685. The monoisotopic (exact) mass is 412 g/mol. The number of amides is 2. The summed E-state index contributed by atoms with van der Waals surface area (Å²) in [4.78, 5) is 25.0. The minimum Gasteiger partial charge on any atom is -0.486 e. The molecule has 0 fully saturated rings. The van der Waals surface area contributed by atoms with Gasteiger partial charge in [0.1, 0.15) is 19.0 Å². The molecule has 2 aromatic carbocycles. The summed E-state index contributed by atoms with van der Waals surface area (Å²) < 4.78 is 12.4. The lowest BCUT2D eigenvalue weighted by atomic mass is 10.2. The van der Waals surface area contributed by atoms with Gasteiger partial charge >= 0.3 is 0 Å². The fourth-order valence-corrected chi connectivity index (χ4v) is 3.06. The number of nitrogens with one attached hydrogen (secondary N) is 2. The Morgan fingerprint density at radius 2 is 1.76 bits per heavy atom. The van der Waals surface area contributed by atoms with Crippen molar-refractivity contribution in [3.63, 3.8) is 0 Å². The number of hydrogen-bond donors (Lipinski definition) is 2. The molecule has 8 nitrogen and oxygen atoms in total. The van der Waals surface area contributed by atoms with Crippen molar-refractivity contribution in [2.45, 2.75) is 0 Å². The molecule has 0 bridgehead atoms. The molecule has 2 N–H and O–H groups in total. The molecule has 29 heavy (non-hydrogen) atoms. The van der Waals surface area contributed by atoms with E-state index in [9.17, 15) is 9.59 Å². The van der Waals surface area contributed by atoms with E-state index >= 15 is 0 Å². The number of carbonyl (C=O) groups excluding carboxylic acids is 2. The summed E-state index contributed by atoms with van der Waals surface area (Å²) in [5, 5.41) is 9.97. The van der Waals surface area contributed by atoms with Crippen LogP contribution in [0.5, 0.6) is 11.5 Å². The lowest BCUT2D eigenvalue weighted by molar-refractivity contribution is 0.101. The standard InChI is InChI=1S/C20H17ClN4O4/c1-25-18(23-19(26)13-4-2-3-5-14(13)21)11-15(24-25)20(27)22-12-6-7-16-17(10-12)29-9-8-28-16/h2-7,10-11H,8-9H2,1H3,(H,22,27)(H,23,26). The fraction of sp³-hybridized carbons (Fsp3) is 0.150. The van der Waals surface area contributed by atoms with Crippen LogP contribution in [0.1, 0.15) is 20.8 Å². The number of ether oxygens (including phenoxy) is 2. The van der Waals surface area contributed by atoms with Crippen LogP contribution in [0.15, 0.2) is 48.5 Å². The van der Waals surface area contributed by atoms with Crippen LogP contribution in [0.3, 0.4) is 0 Å². The van der Waals surface area contributed by atoms with Gasteiger partial charge in [0.2, 0.25) is 0 Å². The van der Waals surface area contributed by atoms with Gasteiger partial charge < -0.3 is 20.1 Å². The van der Waals surface area contributed by atoms with Gasteiger partial charge in [0, 0.05) is 24.9 Å². The topological polar surface area (TPSA) is 94.5 Å². The Kier molecular flexibility index (Phi) is 5.09. The van der Waals surface area contributed by atoms with E-state index in [0.29, 0.717) is 46.8 Å². The summed E-state index contributed by atoms with van der Waals surface area (Å²) in [5.74, 6) is 0.759. The molecule has 3 aromatic rings. The van der Waals surface area contributed by atoms with Gasteiger partial charge in [-0.2, -0.15) is 5.10 Å². The average Bonchev–Trinajstić information content (AvgIpc) is 3.08. The maximum absolute atomic E-state index is 12.6. The summed E-state index contributed by atoms with van der Waals surface area (Å²) in [6.45, 7) is 0.953. The maximum Gasteiger partial charge on any atom is 0.276 e. The largest absolute Gasteiger partial charge is 0.486 e. The molecule has 0 unspecified atom stereocenters. The molecule has 4 rings (SSSR count). The molecule has 9 heteroatoms. The third-order valence-corrected chi connectivity index (χ3v) is 4.60. The third kappa shape index (κ3) is 4.02. The van der Waals surface area contributed by atoms with Crippen LogP contribution in [0.2, 0.25) is 5.02 Å². The van der Waals surface area contributed by atoms with Gasteiger partial charge in [0.25, 0.3) is 11.8 Å². The Labute approximate surface area is 171 Å². The van der Waals surface area contributed by atoms with E-state index in [1.165, 1.54) is 10.7 Å². The molecule has 0 radical (unpaired) electrons. The Balaban J connectivity index is 1.48. The van der Waals surface area contributed by atoms with Crippen LogP contribution in [0, 0.1) is 0 Å². The second-order valence-corrected chi connectivity index (χ2v) is 6.69. The second kappa shape index (κ2) is 7.84. The first-order valence-electron chi connectivity index (χ1n) is 8.82. The minimum absolute atomic E-state index is 0.150. The van der Waals surface area contributed by atoms with E-state index in [1.54, 1.807) is 49.5 Å². The van der Waals surface area contributed by atoms with E-state index < -0.39 is 11.8 Å². The lowest BCUT2D eigenvalue weighted by Gasteiger charge is -2.18. The van der Waals surface area contributed by atoms with Gasteiger partial charge in [-0.1, -0.05) is 23.7 Å². The highest BCUT2D eigenvalue weighted by molar-refractivity contribution is 6.34. The normalized spacial score (nSPS) is 12.3. The van der Waals surface area contributed by atoms with Crippen LogP contribution in [-0.2, 0) is 7.05 Å². The number of benzene rings is 2. The number of aryl methyl sites for hydroxylation is 1. The van der Waals surface area contributed by atoms with Crippen LogP contribution >= 0.6 is 11.6 Å². The molecular weight excluding hydrogens is 396 g/mol. The highest BCUT2D eigenvalue weighted by Gasteiger charge is 2.18. The zero-order valence-electron chi connectivity index (χ0n) is 15.4. The number of fused-ring (bicyclic) bond motifs is 1. The summed E-state index contributed by atoms with van der Waals surface area (Å²) in [7, 11) is 1.63. The lowest BCUT2D eigenvalue weighted by Crippen LogP contribution is -2.16. The van der Waals surface area contributed by atoms with Crippen LogP contribution in [-0.4, -0.2) is 34.8 Å². The summed E-state index contributed by atoms with van der Waals surface area (Å²) >= 11 is 6.05. The molecule has 148 valence electrons. The smallest absolute Gasteiger partial charge is 0.276 e. The van der Waals surface area contributed by atoms with E-state index in [-0.39, 0.29) is 5.69 Å². The molecule has 0 atom stereocenters. The van der Waals surface area contributed by atoms with E-state index in [2.05, 4.69) is 15.7 Å². The van der Waals surface area contributed by atoms with E-state index in [1.807, 2.05) is 0 Å². The molecular formula is C20H17ClN4O4. The SMILES string of the molecule is Cn1nc(C(=O)Nc2ccc3c(c2)OCCO3)cc1NC(=O)c1ccccc1Cl. The van der Waals surface area contributed by atoms with Crippen LogP contribution < -0.4 is 20.1 Å². The number of carbonyl (C=O) groups is 2. The number of rotatable bonds is 4. The Hall–Kier alpha value is -3.52. The molecule has 2 amide bonds. The molecule has 0 spiro atoms. The van der Waals surface area contributed by atoms with Gasteiger partial charge in [0.05, 0.1) is 10.6 Å². The van der Waals surface area contributed by atoms with Gasteiger partial charge in [-0.05, 0) is 24.3 Å². The molecule has 1 aliphatic rings. The van der Waals surface area contributed by atoms with Gasteiger partial charge in [-0.25, -0.2) is 0 Å². The number of nitrogens with zero attached hydrogens (tertiary/aromatic N) is 2. The third-order valence-electron chi connectivity index (χ3n) is 4.27. The van der Waals surface area contributed by atoms with Gasteiger partial charge in [0.15, 0.2) is 17.2 Å². The predicted octanol–water partition coefficient (Wildman–Crippen LogP) is 3.35. The molecule has 2 heterocycles. The Morgan fingerprint density at radius 1 is 1.00 bits per heavy atom. The van der Waals surface area contributed by atoms with Crippen molar-refractivity contribution in [2.24, 2.45) is 7.05 Å². The number of halogens is 1. The zero-order chi connectivity index (χ0) is 20.4. The maximum atomic E-state index is 12.6. The zero-order valence-corrected chi connectivity index (χ0v) is 16.2. The second-order valence-electron chi connectivity index (χ2n) is 6.28. The number of hydrogen-bond acceptors (Lipinski definition) is 5. The molecule has 1 aliphatic heterocycles. The number of aromatic nitrogens is 2. The van der Waals surface area contributed by atoms with Gasteiger partial charge in [-0.15, -0.1) is 0 Å². The van der Waals surface area contributed by atoms with Crippen molar-refractivity contribution in [3.05, 3.63) is 64.8 Å². The average molecular weight is 413 g/mol. The minimum atomic E-state index is -0.421. The van der Waals surface area contributed by atoms with Crippen molar-refractivity contribution in [2.75, 3.05) is 23.8 Å². The first-order chi connectivity index (χ1) is 14.0. The van der Waals surface area contributed by atoms with Crippen molar-refractivity contribution >= 4 is 34.9 Å². The molecule has 0 saturated heterocycles. The highest BCUT2D eigenvalue weighted by Crippen LogP contribution is 2.32. The summed E-state index contributed by atoms with van der Waals surface area (Å²) in [5.41, 5.74) is 1.03. The summed E-state index contributed by atoms with van der Waals surface area (Å²) in [6, 6.07) is 13.3. The first kappa shape index (κ1) is 18.8. The van der Waals surface area contributed by atoms with Crippen molar-refractivity contribution < 1.29 is 19.1 Å². The Bertz CT molecular complexity index is 1100. The van der Waals surface area contributed by atoms with Crippen molar-refractivity contribution in [3.8, 4) is 11.5 Å². The molecule has 0 aliphatic carbocycles. The summed E-state index contributed by atoms with van der Waals surface area (Å²) in [6.07, 6.45) is 0. The van der Waals surface area contributed by atoms with Crippen LogP contribution in [0.4, 0.5) is 11.5 Å². The molecule has 0 saturated carbocycles. The predicted molar refractivity (Wildman–Crippen MR) is 108 cm³/mol. The van der Waals surface area contributed by atoms with Crippen molar-refractivity contribution in [1.29, 1.82) is 0 Å². The van der Waals surface area contributed by atoms with E-state index in [0.717, 1.165) is 0 Å². The Morgan fingerprint density at radius 3 is 2.55 bits per heavy atom. The molecule has 1 aromatic heterocycles. The van der Waals surface area contributed by atoms with Crippen molar-refractivity contribution in [1.82, 2.24) is 9.78 Å². The van der Waals surface area contributed by atoms with Crippen LogP contribution in [0.25, 0.3) is 0 Å². The first-order valence-corrected chi connectivity index (χ1v) is 9.20. The highest BCUT2D eigenvalue weighted by atomic mass is 35.5. The van der Waals surface area contributed by atoms with E-state index in [4.69, 9.17) is 21.1 Å². The fourth-order valence-electron chi connectivity index (χ4n) is 2.84. The number of anilines is 2. The van der Waals surface area contributed by atoms with Gasteiger partial charge in [-0.3, -0.25) is 14.3 Å².